The zero-order valence-electron chi connectivity index (χ0n) is 21.6. The minimum Gasteiger partial charge on any atom is -0.462 e. The van der Waals surface area contributed by atoms with Gasteiger partial charge in [0.2, 0.25) is 0 Å². The van der Waals surface area contributed by atoms with E-state index in [2.05, 4.69) is 44.6 Å². The summed E-state index contributed by atoms with van der Waals surface area (Å²) in [6.45, 7) is 7.19. The molecule has 39 heavy (non-hydrogen) atoms. The lowest BCUT2D eigenvalue weighted by Crippen LogP contribution is -2.43. The predicted molar refractivity (Wildman–Crippen MR) is 143 cm³/mol. The zero-order valence-corrected chi connectivity index (χ0v) is 21.6. The third kappa shape index (κ3) is 5.51. The van der Waals surface area contributed by atoms with Gasteiger partial charge in [0.05, 0.1) is 18.5 Å². The summed E-state index contributed by atoms with van der Waals surface area (Å²) in [7, 11) is 0. The number of nitrogens with zero attached hydrogens (tertiary/aromatic N) is 4. The van der Waals surface area contributed by atoms with E-state index in [9.17, 15) is 18.0 Å². The monoisotopic (exact) mass is 535 g/mol. The molecule has 10 heteroatoms. The van der Waals surface area contributed by atoms with E-state index in [0.29, 0.717) is 10.4 Å². The Morgan fingerprint density at radius 3 is 2.46 bits per heavy atom. The van der Waals surface area contributed by atoms with Crippen LogP contribution in [0.4, 0.5) is 18.9 Å². The van der Waals surface area contributed by atoms with Crippen LogP contribution < -0.4 is 10.2 Å². The fourth-order valence-electron chi connectivity index (χ4n) is 4.74. The van der Waals surface area contributed by atoms with Crippen LogP contribution in [0.3, 0.4) is 0 Å². The van der Waals surface area contributed by atoms with Crippen molar-refractivity contribution in [3.63, 3.8) is 0 Å². The summed E-state index contributed by atoms with van der Waals surface area (Å²) in [6, 6.07) is 19.0. The molecule has 7 nitrogen and oxygen atoms in total. The van der Waals surface area contributed by atoms with E-state index in [1.165, 1.54) is 13.0 Å². The van der Waals surface area contributed by atoms with Crippen LogP contribution in [0.1, 0.15) is 28.5 Å². The number of halogens is 3. The molecular formula is C29H28F3N5O2. The molecule has 2 aromatic carbocycles. The summed E-state index contributed by atoms with van der Waals surface area (Å²) in [5.41, 5.74) is 3.38. The van der Waals surface area contributed by atoms with Gasteiger partial charge in [-0.1, -0.05) is 35.9 Å². The van der Waals surface area contributed by atoms with Gasteiger partial charge in [-0.2, -0.15) is 18.3 Å². The van der Waals surface area contributed by atoms with E-state index >= 15 is 0 Å². The molecule has 0 spiro atoms. The Kier molecular flexibility index (Phi) is 7.38. The Morgan fingerprint density at radius 2 is 1.77 bits per heavy atom. The Balaban J connectivity index is 1.55. The Hall–Kier alpha value is -4.18. The molecule has 0 atom stereocenters. The largest absolute Gasteiger partial charge is 0.462 e. The van der Waals surface area contributed by atoms with E-state index in [0.717, 1.165) is 60.3 Å². The maximum atomic E-state index is 14.1. The van der Waals surface area contributed by atoms with E-state index < -0.39 is 23.4 Å². The van der Waals surface area contributed by atoms with Gasteiger partial charge in [-0.15, -0.1) is 0 Å². The molecule has 4 aromatic rings. The van der Waals surface area contributed by atoms with Crippen molar-refractivity contribution in [2.45, 2.75) is 20.0 Å². The van der Waals surface area contributed by atoms with Gasteiger partial charge in [-0.25, -0.2) is 14.5 Å². The molecule has 1 fully saturated rings. The average Bonchev–Trinajstić information content (AvgIpc) is 3.41. The normalized spacial score (nSPS) is 13.9. The van der Waals surface area contributed by atoms with Crippen LogP contribution in [0.5, 0.6) is 0 Å². The summed E-state index contributed by atoms with van der Waals surface area (Å²) >= 11 is 0. The molecule has 1 saturated heterocycles. The number of piperazine rings is 1. The zero-order chi connectivity index (χ0) is 27.6. The molecule has 1 aliphatic rings. The van der Waals surface area contributed by atoms with Crippen molar-refractivity contribution in [2.75, 3.05) is 37.7 Å². The number of aromatic nitrogens is 3. The van der Waals surface area contributed by atoms with Crippen molar-refractivity contribution in [3.8, 4) is 28.2 Å². The van der Waals surface area contributed by atoms with Crippen molar-refractivity contribution >= 4 is 11.7 Å². The molecule has 0 aliphatic carbocycles. The van der Waals surface area contributed by atoms with Gasteiger partial charge in [0.1, 0.15) is 5.56 Å². The fraction of sp³-hybridized carbons (Fsp3) is 0.276. The number of hydrogen-bond acceptors (Lipinski definition) is 6. The number of pyridine rings is 1. The van der Waals surface area contributed by atoms with Crippen LogP contribution >= 0.6 is 0 Å². The second kappa shape index (κ2) is 10.9. The molecule has 0 radical (unpaired) electrons. The molecule has 1 N–H and O–H groups in total. The lowest BCUT2D eigenvalue weighted by molar-refractivity contribution is -0.143. The minimum absolute atomic E-state index is 0.0542. The van der Waals surface area contributed by atoms with Gasteiger partial charge < -0.3 is 15.0 Å². The first-order chi connectivity index (χ1) is 18.8. The van der Waals surface area contributed by atoms with Crippen LogP contribution in [-0.2, 0) is 10.9 Å². The number of ether oxygens (including phenoxy) is 1. The van der Waals surface area contributed by atoms with E-state index in [1.807, 2.05) is 25.1 Å². The topological polar surface area (TPSA) is 72.3 Å². The van der Waals surface area contributed by atoms with Crippen molar-refractivity contribution < 1.29 is 22.7 Å². The highest BCUT2D eigenvalue weighted by atomic mass is 19.4. The highest BCUT2D eigenvalue weighted by Crippen LogP contribution is 2.36. The summed E-state index contributed by atoms with van der Waals surface area (Å²) in [5, 5.41) is 7.22. The molecule has 3 heterocycles. The first-order valence-corrected chi connectivity index (χ1v) is 12.7. The maximum Gasteiger partial charge on any atom is 0.434 e. The smallest absolute Gasteiger partial charge is 0.434 e. The standard InChI is InChI=1S/C29H28F3N5O2/c1-3-39-28(38)24-18-34-37(27(24)29(30,31)32)26-6-4-5-25(35-26)23-17-19(2)7-12-22(23)20-8-10-21(11-9-20)36-15-13-33-14-16-36/h4-12,17-18,33H,3,13-16H2,1-2H3. The van der Waals surface area contributed by atoms with Crippen molar-refractivity contribution in [3.05, 3.63) is 83.7 Å². The first-order valence-electron chi connectivity index (χ1n) is 12.7. The van der Waals surface area contributed by atoms with E-state index in [-0.39, 0.29) is 12.4 Å². The van der Waals surface area contributed by atoms with Crippen molar-refractivity contribution in [2.24, 2.45) is 0 Å². The van der Waals surface area contributed by atoms with Gasteiger partial charge in [-0.3, -0.25) is 0 Å². The number of carbonyl (C=O) groups excluding carboxylic acids is 1. The molecular weight excluding hydrogens is 507 g/mol. The third-order valence-corrected chi connectivity index (χ3v) is 6.60. The van der Waals surface area contributed by atoms with Crippen LogP contribution in [0.25, 0.3) is 28.2 Å². The molecule has 2 aromatic heterocycles. The number of rotatable bonds is 6. The van der Waals surface area contributed by atoms with Gasteiger partial charge in [0.25, 0.3) is 0 Å². The molecule has 202 valence electrons. The van der Waals surface area contributed by atoms with Gasteiger partial charge >= 0.3 is 12.1 Å². The molecule has 0 unspecified atom stereocenters. The minimum atomic E-state index is -4.85. The van der Waals surface area contributed by atoms with Crippen LogP contribution in [0.15, 0.2) is 66.9 Å². The van der Waals surface area contributed by atoms with Gasteiger partial charge in [0.15, 0.2) is 11.5 Å². The number of alkyl halides is 3. The molecule has 0 bridgehead atoms. The molecule has 0 saturated carbocycles. The lowest BCUT2D eigenvalue weighted by atomic mass is 9.95. The number of benzene rings is 2. The maximum absolute atomic E-state index is 14.1. The Morgan fingerprint density at radius 1 is 1.03 bits per heavy atom. The summed E-state index contributed by atoms with van der Waals surface area (Å²) in [5.74, 6) is -1.14. The number of carbonyl (C=O) groups is 1. The lowest BCUT2D eigenvalue weighted by Gasteiger charge is -2.29. The third-order valence-electron chi connectivity index (χ3n) is 6.60. The SMILES string of the molecule is CCOC(=O)c1cnn(-c2cccc(-c3cc(C)ccc3-c3ccc(N4CCNCC4)cc3)n2)c1C(F)(F)F. The summed E-state index contributed by atoms with van der Waals surface area (Å²) in [6.07, 6.45) is -3.98. The van der Waals surface area contributed by atoms with Crippen molar-refractivity contribution in [1.82, 2.24) is 20.1 Å². The Bertz CT molecular complexity index is 1480. The number of hydrogen-bond donors (Lipinski definition) is 1. The highest BCUT2D eigenvalue weighted by molar-refractivity contribution is 5.91. The quantitative estimate of drug-likeness (QED) is 0.328. The van der Waals surface area contributed by atoms with E-state index in [1.54, 1.807) is 12.1 Å². The van der Waals surface area contributed by atoms with Gasteiger partial charge in [-0.05, 0) is 55.3 Å². The summed E-state index contributed by atoms with van der Waals surface area (Å²) < 4.78 is 47.6. The van der Waals surface area contributed by atoms with Crippen molar-refractivity contribution in [1.29, 1.82) is 0 Å². The Labute approximate surface area is 224 Å². The molecule has 0 amide bonds. The molecule has 5 rings (SSSR count). The second-order valence-corrected chi connectivity index (χ2v) is 9.25. The number of nitrogens with one attached hydrogen (secondary N) is 1. The van der Waals surface area contributed by atoms with Crippen LogP contribution in [0, 0.1) is 6.92 Å². The number of anilines is 1. The molecule has 1 aliphatic heterocycles. The van der Waals surface area contributed by atoms with Crippen LogP contribution in [-0.4, -0.2) is 53.5 Å². The van der Waals surface area contributed by atoms with Gasteiger partial charge in [0, 0.05) is 37.4 Å². The predicted octanol–water partition coefficient (Wildman–Crippen LogP) is 5.51. The highest BCUT2D eigenvalue weighted by Gasteiger charge is 2.41. The fourth-order valence-corrected chi connectivity index (χ4v) is 4.74. The first kappa shape index (κ1) is 26.4. The number of aryl methyl sites for hydroxylation is 1. The van der Waals surface area contributed by atoms with Crippen LogP contribution in [0.2, 0.25) is 0 Å². The average molecular weight is 536 g/mol. The second-order valence-electron chi connectivity index (χ2n) is 9.25. The van der Waals surface area contributed by atoms with E-state index in [4.69, 9.17) is 4.74 Å². The number of esters is 1. The summed E-state index contributed by atoms with van der Waals surface area (Å²) in [4.78, 5) is 19.1.